The first kappa shape index (κ1) is 14.4. The lowest BCUT2D eigenvalue weighted by atomic mass is 10.1. The van der Waals surface area contributed by atoms with Gasteiger partial charge in [-0.25, -0.2) is 4.98 Å². The molecule has 5 nitrogen and oxygen atoms in total. The minimum atomic E-state index is -2.81. The summed E-state index contributed by atoms with van der Waals surface area (Å²) in [5.74, 6) is 0.960. The first-order chi connectivity index (χ1) is 9.56. The van der Waals surface area contributed by atoms with Gasteiger partial charge in [0.1, 0.15) is 17.9 Å². The molecule has 0 aliphatic heterocycles. The average molecular weight is 282 g/mol. The normalized spacial score (nSPS) is 12.7. The fourth-order valence-corrected chi connectivity index (χ4v) is 1.80. The summed E-state index contributed by atoms with van der Waals surface area (Å²) in [6.07, 6.45) is 1.48. The number of alkyl halides is 2. The van der Waals surface area contributed by atoms with E-state index in [9.17, 15) is 8.78 Å². The van der Waals surface area contributed by atoms with Crippen molar-refractivity contribution in [3.8, 4) is 5.75 Å². The van der Waals surface area contributed by atoms with Gasteiger partial charge in [0.2, 0.25) is 0 Å². The molecule has 20 heavy (non-hydrogen) atoms. The molecule has 1 atom stereocenters. The minimum absolute atomic E-state index is 0.0204. The number of rotatable bonds is 6. The van der Waals surface area contributed by atoms with Gasteiger partial charge in [0, 0.05) is 13.1 Å². The molecule has 0 bridgehead atoms. The topological polar surface area (TPSA) is 52.0 Å². The van der Waals surface area contributed by atoms with E-state index in [4.69, 9.17) is 0 Å². The van der Waals surface area contributed by atoms with Crippen LogP contribution in [0.2, 0.25) is 0 Å². The average Bonchev–Trinajstić information content (AvgIpc) is 2.81. The molecule has 1 aromatic carbocycles. The number of nitrogens with one attached hydrogen (secondary N) is 1. The van der Waals surface area contributed by atoms with Gasteiger partial charge in [-0.05, 0) is 24.6 Å². The van der Waals surface area contributed by atoms with Gasteiger partial charge in [0.25, 0.3) is 0 Å². The van der Waals surface area contributed by atoms with Gasteiger partial charge in [-0.1, -0.05) is 12.1 Å². The van der Waals surface area contributed by atoms with Gasteiger partial charge in [-0.3, -0.25) is 4.68 Å². The van der Waals surface area contributed by atoms with E-state index in [1.54, 1.807) is 16.8 Å². The maximum atomic E-state index is 12.2. The van der Waals surface area contributed by atoms with Crippen LogP contribution in [0.15, 0.2) is 30.6 Å². The van der Waals surface area contributed by atoms with Crippen LogP contribution in [0.25, 0.3) is 0 Å². The zero-order valence-corrected chi connectivity index (χ0v) is 11.3. The Balaban J connectivity index is 1.98. The monoisotopic (exact) mass is 282 g/mol. The molecule has 0 saturated heterocycles. The Labute approximate surface area is 115 Å². The van der Waals surface area contributed by atoms with Gasteiger partial charge in [-0.15, -0.1) is 0 Å². The van der Waals surface area contributed by atoms with Crippen molar-refractivity contribution in [2.75, 3.05) is 0 Å². The Hall–Kier alpha value is -2.02. The van der Waals surface area contributed by atoms with Crippen molar-refractivity contribution in [2.45, 2.75) is 26.1 Å². The highest BCUT2D eigenvalue weighted by atomic mass is 19.3. The molecule has 7 heteroatoms. The van der Waals surface area contributed by atoms with Crippen molar-refractivity contribution >= 4 is 0 Å². The van der Waals surface area contributed by atoms with E-state index in [1.807, 2.05) is 20.0 Å². The molecule has 0 fully saturated rings. The number of hydrogen-bond donors (Lipinski definition) is 1. The lowest BCUT2D eigenvalue weighted by Gasteiger charge is -2.15. The number of halogens is 2. The predicted octanol–water partition coefficient (Wildman–Crippen LogP) is 2.27. The van der Waals surface area contributed by atoms with Crippen LogP contribution in [0.5, 0.6) is 5.75 Å². The number of aryl methyl sites for hydroxylation is 1. The molecule has 1 N–H and O–H groups in total. The van der Waals surface area contributed by atoms with E-state index in [2.05, 4.69) is 20.1 Å². The van der Waals surface area contributed by atoms with Crippen LogP contribution in [0.1, 0.15) is 24.4 Å². The zero-order chi connectivity index (χ0) is 14.5. The third-order valence-electron chi connectivity index (χ3n) is 2.95. The number of aromatic nitrogens is 3. The van der Waals surface area contributed by atoms with Crippen LogP contribution >= 0.6 is 0 Å². The summed E-state index contributed by atoms with van der Waals surface area (Å²) in [5.41, 5.74) is 0.866. The fourth-order valence-electron chi connectivity index (χ4n) is 1.80. The third kappa shape index (κ3) is 3.74. The number of nitrogens with zero attached hydrogens (tertiary/aromatic N) is 3. The summed E-state index contributed by atoms with van der Waals surface area (Å²) in [6.45, 7) is -0.331. The Morgan fingerprint density at radius 3 is 2.85 bits per heavy atom. The van der Waals surface area contributed by atoms with Crippen LogP contribution in [0.4, 0.5) is 8.78 Å². The molecule has 108 valence electrons. The Morgan fingerprint density at radius 2 is 2.20 bits per heavy atom. The van der Waals surface area contributed by atoms with Crippen molar-refractivity contribution in [3.05, 3.63) is 42.0 Å². The van der Waals surface area contributed by atoms with Crippen molar-refractivity contribution in [3.63, 3.8) is 0 Å². The molecule has 2 aromatic rings. The van der Waals surface area contributed by atoms with E-state index in [1.165, 1.54) is 12.4 Å². The number of benzene rings is 1. The van der Waals surface area contributed by atoms with Crippen molar-refractivity contribution in [2.24, 2.45) is 7.05 Å². The van der Waals surface area contributed by atoms with Gasteiger partial charge < -0.3 is 10.1 Å². The van der Waals surface area contributed by atoms with Crippen LogP contribution < -0.4 is 10.1 Å². The molecular formula is C13H16F2N4O. The molecule has 0 amide bonds. The molecule has 0 radical (unpaired) electrons. The highest BCUT2D eigenvalue weighted by Crippen LogP contribution is 2.20. The summed E-state index contributed by atoms with van der Waals surface area (Å²) in [4.78, 5) is 4.10. The van der Waals surface area contributed by atoms with Gasteiger partial charge in [0.05, 0.1) is 6.54 Å². The lowest BCUT2D eigenvalue weighted by Crippen LogP contribution is -2.20. The highest BCUT2D eigenvalue weighted by molar-refractivity contribution is 5.30. The van der Waals surface area contributed by atoms with Gasteiger partial charge in [-0.2, -0.15) is 13.9 Å². The molecule has 1 heterocycles. The summed E-state index contributed by atoms with van der Waals surface area (Å²) in [5, 5.41) is 7.23. The number of hydrogen-bond acceptors (Lipinski definition) is 4. The number of ether oxygens (including phenoxy) is 1. The first-order valence-corrected chi connectivity index (χ1v) is 6.17. The smallest absolute Gasteiger partial charge is 0.387 e. The van der Waals surface area contributed by atoms with E-state index < -0.39 is 6.61 Å². The summed E-state index contributed by atoms with van der Waals surface area (Å²) >= 11 is 0. The van der Waals surface area contributed by atoms with E-state index in [0.29, 0.717) is 6.54 Å². The first-order valence-electron chi connectivity index (χ1n) is 6.17. The SMILES string of the molecule is C[C@@H](NCc1ncnn1C)c1cccc(OC(F)F)c1. The van der Waals surface area contributed by atoms with Crippen molar-refractivity contribution < 1.29 is 13.5 Å². The zero-order valence-electron chi connectivity index (χ0n) is 11.3. The molecular weight excluding hydrogens is 266 g/mol. The molecule has 2 rings (SSSR count). The Morgan fingerprint density at radius 1 is 1.40 bits per heavy atom. The molecule has 1 aromatic heterocycles. The predicted molar refractivity (Wildman–Crippen MR) is 69.3 cm³/mol. The summed E-state index contributed by atoms with van der Waals surface area (Å²) < 4.78 is 30.4. The van der Waals surface area contributed by atoms with Gasteiger partial charge in [0.15, 0.2) is 0 Å². The molecule has 0 aliphatic rings. The Bertz CT molecular complexity index is 559. The largest absolute Gasteiger partial charge is 0.435 e. The summed E-state index contributed by atoms with van der Waals surface area (Å²) in [7, 11) is 1.81. The second kappa shape index (κ2) is 6.42. The standard InChI is InChI=1S/C13H16F2N4O/c1-9(16-7-12-17-8-18-19(12)2)10-4-3-5-11(6-10)20-13(14)15/h3-6,8-9,13,16H,7H2,1-2H3/t9-/m1/s1. The van der Waals surface area contributed by atoms with E-state index in [-0.39, 0.29) is 11.8 Å². The van der Waals surface area contributed by atoms with Crippen LogP contribution in [0, 0.1) is 0 Å². The Kier molecular flexibility index (Phi) is 4.62. The third-order valence-corrected chi connectivity index (χ3v) is 2.95. The summed E-state index contributed by atoms with van der Waals surface area (Å²) in [6, 6.07) is 6.62. The van der Waals surface area contributed by atoms with Gasteiger partial charge >= 0.3 is 6.61 Å². The van der Waals surface area contributed by atoms with Crippen LogP contribution in [0.3, 0.4) is 0 Å². The maximum absolute atomic E-state index is 12.2. The fraction of sp³-hybridized carbons (Fsp3) is 0.385. The van der Waals surface area contributed by atoms with Crippen LogP contribution in [-0.2, 0) is 13.6 Å². The second-order valence-electron chi connectivity index (χ2n) is 4.35. The van der Waals surface area contributed by atoms with Crippen LogP contribution in [-0.4, -0.2) is 21.4 Å². The molecule has 0 unspecified atom stereocenters. The molecule has 0 saturated carbocycles. The van der Waals surface area contributed by atoms with Crippen molar-refractivity contribution in [1.29, 1.82) is 0 Å². The maximum Gasteiger partial charge on any atom is 0.387 e. The molecule has 0 spiro atoms. The quantitative estimate of drug-likeness (QED) is 0.883. The minimum Gasteiger partial charge on any atom is -0.435 e. The molecule has 0 aliphatic carbocycles. The second-order valence-corrected chi connectivity index (χ2v) is 4.35. The van der Waals surface area contributed by atoms with E-state index in [0.717, 1.165) is 11.4 Å². The highest BCUT2D eigenvalue weighted by Gasteiger charge is 2.10. The van der Waals surface area contributed by atoms with E-state index >= 15 is 0 Å². The lowest BCUT2D eigenvalue weighted by molar-refractivity contribution is -0.0499. The van der Waals surface area contributed by atoms with Crippen molar-refractivity contribution in [1.82, 2.24) is 20.1 Å².